The van der Waals surface area contributed by atoms with Crippen LogP contribution >= 0.6 is 0 Å². The number of carbonyl (C=O) groups is 1. The van der Waals surface area contributed by atoms with Crippen molar-refractivity contribution in [2.24, 2.45) is 28.4 Å². The Morgan fingerprint density at radius 2 is 2.00 bits per heavy atom. The Morgan fingerprint density at radius 3 is 2.33 bits per heavy atom. The molecule has 0 amide bonds. The maximum absolute atomic E-state index is 12.6. The molecular formula is C17H32N2O2. The third-order valence-electron chi connectivity index (χ3n) is 7.13. The van der Waals surface area contributed by atoms with Crippen LogP contribution in [0.5, 0.6) is 0 Å². The maximum atomic E-state index is 12.6. The fraction of sp³-hybridized carbons (Fsp3) is 0.941. The van der Waals surface area contributed by atoms with E-state index in [4.69, 9.17) is 10.5 Å². The minimum absolute atomic E-state index is 0.0883. The summed E-state index contributed by atoms with van der Waals surface area (Å²) in [7, 11) is 4.20. The monoisotopic (exact) mass is 296 g/mol. The molecule has 0 aliphatic heterocycles. The summed E-state index contributed by atoms with van der Waals surface area (Å²) in [5.74, 6) is 0.286. The first-order chi connectivity index (χ1) is 9.69. The molecule has 0 radical (unpaired) electrons. The molecule has 0 aromatic rings. The fourth-order valence-corrected chi connectivity index (χ4v) is 5.57. The minimum Gasteiger partial charge on any atom is -0.466 e. The molecule has 2 bridgehead atoms. The van der Waals surface area contributed by atoms with Crippen molar-refractivity contribution >= 4 is 5.97 Å². The Morgan fingerprint density at radius 1 is 1.38 bits per heavy atom. The quantitative estimate of drug-likeness (QED) is 0.791. The highest BCUT2D eigenvalue weighted by molar-refractivity contribution is 5.75. The highest BCUT2D eigenvalue weighted by Gasteiger charge is 2.72. The van der Waals surface area contributed by atoms with E-state index in [2.05, 4.69) is 39.8 Å². The van der Waals surface area contributed by atoms with Crippen molar-refractivity contribution in [3.05, 3.63) is 0 Å². The van der Waals surface area contributed by atoms with Crippen LogP contribution in [0.15, 0.2) is 0 Å². The van der Waals surface area contributed by atoms with Gasteiger partial charge in [0.15, 0.2) is 0 Å². The van der Waals surface area contributed by atoms with Crippen molar-refractivity contribution in [3.8, 4) is 0 Å². The number of hydrogen-bond donors (Lipinski definition) is 1. The zero-order valence-electron chi connectivity index (χ0n) is 14.5. The fourth-order valence-electron chi connectivity index (χ4n) is 5.57. The SMILES string of the molecule is CCOC(=O)[C@H](CN)[C@@]1(N(C)C)C[C@@H]2CC[C@]1(C)C2(C)C. The van der Waals surface area contributed by atoms with Crippen LogP contribution in [0.4, 0.5) is 0 Å². The topological polar surface area (TPSA) is 55.6 Å². The minimum atomic E-state index is -0.248. The van der Waals surface area contributed by atoms with Gasteiger partial charge >= 0.3 is 5.97 Å². The molecule has 2 fully saturated rings. The lowest BCUT2D eigenvalue weighted by atomic mass is 9.58. The van der Waals surface area contributed by atoms with Gasteiger partial charge in [0.2, 0.25) is 0 Å². The number of nitrogens with two attached hydrogens (primary N) is 1. The van der Waals surface area contributed by atoms with Crippen LogP contribution in [-0.4, -0.2) is 43.7 Å². The lowest BCUT2D eigenvalue weighted by molar-refractivity contribution is -0.160. The molecule has 0 saturated heterocycles. The Kier molecular flexibility index (Phi) is 4.18. The second-order valence-electron chi connectivity index (χ2n) is 7.85. The summed E-state index contributed by atoms with van der Waals surface area (Å²) in [6, 6.07) is 0. The van der Waals surface area contributed by atoms with Crippen LogP contribution in [0, 0.1) is 22.7 Å². The van der Waals surface area contributed by atoms with Crippen LogP contribution < -0.4 is 5.73 Å². The molecule has 2 rings (SSSR count). The Bertz CT molecular complexity index is 421. The zero-order chi connectivity index (χ0) is 16.1. The first kappa shape index (κ1) is 16.8. The van der Waals surface area contributed by atoms with Crippen LogP contribution in [-0.2, 0) is 9.53 Å². The molecule has 4 nitrogen and oxygen atoms in total. The maximum Gasteiger partial charge on any atom is 0.312 e. The van der Waals surface area contributed by atoms with Gasteiger partial charge < -0.3 is 15.4 Å². The summed E-state index contributed by atoms with van der Waals surface area (Å²) < 4.78 is 5.36. The number of hydrogen-bond acceptors (Lipinski definition) is 4. The van der Waals surface area contributed by atoms with E-state index in [1.54, 1.807) is 0 Å². The molecule has 4 heteroatoms. The van der Waals surface area contributed by atoms with Crippen LogP contribution in [0.1, 0.15) is 47.0 Å². The molecule has 21 heavy (non-hydrogen) atoms. The summed E-state index contributed by atoms with van der Waals surface area (Å²) in [4.78, 5) is 14.8. The molecule has 2 aliphatic carbocycles. The van der Waals surface area contributed by atoms with E-state index in [9.17, 15) is 4.79 Å². The predicted octanol–water partition coefficient (Wildman–Crippen LogP) is 2.27. The number of esters is 1. The van der Waals surface area contributed by atoms with E-state index in [0.29, 0.717) is 19.1 Å². The molecule has 122 valence electrons. The predicted molar refractivity (Wildman–Crippen MR) is 84.8 cm³/mol. The average Bonchev–Trinajstić information content (AvgIpc) is 2.71. The summed E-state index contributed by atoms with van der Waals surface area (Å²) in [6.45, 7) is 9.74. The summed E-state index contributed by atoms with van der Waals surface area (Å²) in [6.07, 6.45) is 3.47. The van der Waals surface area contributed by atoms with Crippen LogP contribution in [0.25, 0.3) is 0 Å². The zero-order valence-corrected chi connectivity index (χ0v) is 14.5. The van der Waals surface area contributed by atoms with E-state index < -0.39 is 0 Å². The van der Waals surface area contributed by atoms with E-state index in [-0.39, 0.29) is 28.3 Å². The Balaban J connectivity index is 2.51. The third-order valence-corrected chi connectivity index (χ3v) is 7.13. The summed E-state index contributed by atoms with van der Waals surface area (Å²) in [5, 5.41) is 0. The molecule has 0 aromatic heterocycles. The van der Waals surface area contributed by atoms with Crippen molar-refractivity contribution in [1.29, 1.82) is 0 Å². The van der Waals surface area contributed by atoms with Gasteiger partial charge in [-0.15, -0.1) is 0 Å². The number of rotatable bonds is 5. The van der Waals surface area contributed by atoms with Gasteiger partial charge in [-0.1, -0.05) is 20.8 Å². The van der Waals surface area contributed by atoms with Crippen molar-refractivity contribution in [2.45, 2.75) is 52.5 Å². The van der Waals surface area contributed by atoms with Crippen molar-refractivity contribution in [1.82, 2.24) is 4.90 Å². The number of carbonyl (C=O) groups excluding carboxylic acids is 1. The van der Waals surface area contributed by atoms with Gasteiger partial charge in [0.1, 0.15) is 0 Å². The van der Waals surface area contributed by atoms with E-state index in [0.717, 1.165) is 6.42 Å². The van der Waals surface area contributed by atoms with Crippen LogP contribution in [0.3, 0.4) is 0 Å². The van der Waals surface area contributed by atoms with Gasteiger partial charge in [-0.05, 0) is 57.0 Å². The smallest absolute Gasteiger partial charge is 0.312 e. The van der Waals surface area contributed by atoms with E-state index in [1.807, 2.05) is 6.92 Å². The Hall–Kier alpha value is -0.610. The standard InChI is InChI=1S/C17H32N2O2/c1-7-21-14(20)13(11-18)17(19(5)6)10-12-8-9-16(17,4)15(12,2)3/h12-13H,7-11,18H2,1-6H3/t12-,13-,16+,17-/m0/s1. The second-order valence-corrected chi connectivity index (χ2v) is 7.85. The van der Waals surface area contributed by atoms with Crippen molar-refractivity contribution in [2.75, 3.05) is 27.2 Å². The Labute approximate surface area is 129 Å². The highest BCUT2D eigenvalue weighted by Crippen LogP contribution is 2.72. The summed E-state index contributed by atoms with van der Waals surface area (Å²) >= 11 is 0. The van der Waals surface area contributed by atoms with Crippen LogP contribution in [0.2, 0.25) is 0 Å². The molecule has 4 atom stereocenters. The molecule has 2 N–H and O–H groups in total. The number of fused-ring (bicyclic) bond motifs is 2. The van der Waals surface area contributed by atoms with Gasteiger partial charge in [0.05, 0.1) is 12.5 Å². The van der Waals surface area contributed by atoms with Gasteiger partial charge in [-0.2, -0.15) is 0 Å². The lowest BCUT2D eigenvalue weighted by Crippen LogP contribution is -2.64. The van der Waals surface area contributed by atoms with Gasteiger partial charge in [0, 0.05) is 12.1 Å². The highest BCUT2D eigenvalue weighted by atomic mass is 16.5. The number of nitrogens with zero attached hydrogens (tertiary/aromatic N) is 1. The molecule has 0 spiro atoms. The van der Waals surface area contributed by atoms with E-state index in [1.165, 1.54) is 12.8 Å². The largest absolute Gasteiger partial charge is 0.466 e. The average molecular weight is 296 g/mol. The van der Waals surface area contributed by atoms with Crippen molar-refractivity contribution < 1.29 is 9.53 Å². The van der Waals surface area contributed by atoms with E-state index >= 15 is 0 Å². The normalized spacial score (nSPS) is 38.8. The molecule has 0 heterocycles. The van der Waals surface area contributed by atoms with Gasteiger partial charge in [0.25, 0.3) is 0 Å². The number of ether oxygens (including phenoxy) is 1. The first-order valence-electron chi connectivity index (χ1n) is 8.23. The first-order valence-corrected chi connectivity index (χ1v) is 8.23. The molecule has 2 saturated carbocycles. The molecule has 0 unspecified atom stereocenters. The molecule has 0 aromatic carbocycles. The second kappa shape index (κ2) is 5.24. The molecular weight excluding hydrogens is 264 g/mol. The van der Waals surface area contributed by atoms with Gasteiger partial charge in [-0.25, -0.2) is 0 Å². The summed E-state index contributed by atoms with van der Waals surface area (Å²) in [5.41, 5.74) is 6.19. The lowest BCUT2D eigenvalue weighted by Gasteiger charge is -2.55. The van der Waals surface area contributed by atoms with Gasteiger partial charge in [-0.3, -0.25) is 4.79 Å². The van der Waals surface area contributed by atoms with Crippen molar-refractivity contribution in [3.63, 3.8) is 0 Å². The molecule has 2 aliphatic rings. The third kappa shape index (κ3) is 1.91.